The average Bonchev–Trinajstić information content (AvgIpc) is 3.08. The summed E-state index contributed by atoms with van der Waals surface area (Å²) in [6, 6.07) is 0.863. The molecule has 1 atom stereocenters. The van der Waals surface area contributed by atoms with Gasteiger partial charge in [-0.05, 0) is 19.3 Å². The molecule has 1 aliphatic rings. The van der Waals surface area contributed by atoms with Gasteiger partial charge in [0.25, 0.3) is 11.1 Å². The van der Waals surface area contributed by atoms with Crippen LogP contribution in [0.1, 0.15) is 62.3 Å². The standard InChI is InChI=1S/C16H21N5O4/c1-9(2)14-17-16(25-20-14)11-5-3-4-6-21(11)13(23)8-10-7-12(22)18-19-15(10)24/h7,9,11H,3-6,8H2,1-2H3,(H,18,22)(H,19,24)/t11-/m0/s1. The number of amides is 1. The summed E-state index contributed by atoms with van der Waals surface area (Å²) in [5.74, 6) is 0.945. The third-order valence-electron chi connectivity index (χ3n) is 4.32. The van der Waals surface area contributed by atoms with Gasteiger partial charge in [-0.15, -0.1) is 0 Å². The second-order valence-corrected chi connectivity index (χ2v) is 6.53. The Kier molecular flexibility index (Phi) is 4.82. The van der Waals surface area contributed by atoms with Gasteiger partial charge in [-0.25, -0.2) is 0 Å². The van der Waals surface area contributed by atoms with Crippen molar-refractivity contribution in [2.24, 2.45) is 0 Å². The molecule has 1 fully saturated rings. The fraction of sp³-hybridized carbons (Fsp3) is 0.562. The number of hydrogen-bond donors (Lipinski definition) is 2. The predicted octanol–water partition coefficient (Wildman–Crippen LogP) is 0.866. The number of likely N-dealkylation sites (tertiary alicyclic amines) is 1. The van der Waals surface area contributed by atoms with Gasteiger partial charge in [0, 0.05) is 24.1 Å². The van der Waals surface area contributed by atoms with E-state index >= 15 is 0 Å². The van der Waals surface area contributed by atoms with Gasteiger partial charge in [0.2, 0.25) is 11.8 Å². The van der Waals surface area contributed by atoms with E-state index in [-0.39, 0.29) is 29.9 Å². The van der Waals surface area contributed by atoms with Crippen LogP contribution in [0, 0.1) is 0 Å². The minimum absolute atomic E-state index is 0.138. The number of piperidine rings is 1. The number of nitrogens with one attached hydrogen (secondary N) is 2. The Bertz CT molecular complexity index is 866. The van der Waals surface area contributed by atoms with Crippen LogP contribution in [-0.2, 0) is 11.2 Å². The van der Waals surface area contributed by atoms with Crippen LogP contribution in [-0.4, -0.2) is 37.7 Å². The molecule has 0 aliphatic carbocycles. The van der Waals surface area contributed by atoms with Gasteiger partial charge in [0.1, 0.15) is 6.04 Å². The lowest BCUT2D eigenvalue weighted by Gasteiger charge is -2.33. The molecule has 3 rings (SSSR count). The third-order valence-corrected chi connectivity index (χ3v) is 4.32. The summed E-state index contributed by atoms with van der Waals surface area (Å²) in [5.41, 5.74) is -0.774. The fourth-order valence-corrected chi connectivity index (χ4v) is 2.96. The minimum atomic E-state index is -0.471. The van der Waals surface area contributed by atoms with E-state index in [0.29, 0.717) is 18.3 Å². The van der Waals surface area contributed by atoms with Crippen LogP contribution in [0.25, 0.3) is 0 Å². The maximum Gasteiger partial charge on any atom is 0.266 e. The van der Waals surface area contributed by atoms with Crippen LogP contribution in [0.4, 0.5) is 0 Å². The molecular weight excluding hydrogens is 326 g/mol. The lowest BCUT2D eigenvalue weighted by molar-refractivity contribution is -0.135. The highest BCUT2D eigenvalue weighted by atomic mass is 16.5. The summed E-state index contributed by atoms with van der Waals surface area (Å²) >= 11 is 0. The fourth-order valence-electron chi connectivity index (χ4n) is 2.96. The summed E-state index contributed by atoms with van der Waals surface area (Å²) in [6.07, 6.45) is 2.43. The topological polar surface area (TPSA) is 125 Å². The zero-order valence-corrected chi connectivity index (χ0v) is 14.2. The number of nitrogens with zero attached hydrogens (tertiary/aromatic N) is 3. The first kappa shape index (κ1) is 17.1. The van der Waals surface area contributed by atoms with Gasteiger partial charge in [-0.3, -0.25) is 24.6 Å². The zero-order valence-electron chi connectivity index (χ0n) is 14.2. The van der Waals surface area contributed by atoms with E-state index in [0.717, 1.165) is 25.3 Å². The van der Waals surface area contributed by atoms with Crippen LogP contribution in [0.2, 0.25) is 0 Å². The van der Waals surface area contributed by atoms with E-state index in [1.165, 1.54) is 0 Å². The van der Waals surface area contributed by atoms with Crippen molar-refractivity contribution >= 4 is 5.91 Å². The average molecular weight is 347 g/mol. The Labute approximate surface area is 143 Å². The molecule has 2 aromatic heterocycles. The van der Waals surface area contributed by atoms with Crippen LogP contribution in [0.15, 0.2) is 20.2 Å². The molecule has 0 spiro atoms. The lowest BCUT2D eigenvalue weighted by atomic mass is 10.0. The molecule has 1 amide bonds. The summed E-state index contributed by atoms with van der Waals surface area (Å²) in [4.78, 5) is 42.0. The van der Waals surface area contributed by atoms with Crippen LogP contribution in [0.5, 0.6) is 0 Å². The van der Waals surface area contributed by atoms with Crippen molar-refractivity contribution in [2.45, 2.75) is 51.5 Å². The normalized spacial score (nSPS) is 17.9. The molecule has 2 aromatic rings. The molecule has 9 nitrogen and oxygen atoms in total. The van der Waals surface area contributed by atoms with Gasteiger partial charge < -0.3 is 9.42 Å². The van der Waals surface area contributed by atoms with Crippen molar-refractivity contribution in [3.8, 4) is 0 Å². The molecule has 0 radical (unpaired) electrons. The summed E-state index contributed by atoms with van der Waals surface area (Å²) in [6.45, 7) is 4.50. The maximum absolute atomic E-state index is 12.7. The highest BCUT2D eigenvalue weighted by Gasteiger charge is 2.32. The molecular formula is C16H21N5O4. The molecule has 3 heterocycles. The number of hydrogen-bond acceptors (Lipinski definition) is 6. The van der Waals surface area contributed by atoms with Gasteiger partial charge in [0.05, 0.1) is 6.42 Å². The van der Waals surface area contributed by atoms with Gasteiger partial charge >= 0.3 is 0 Å². The maximum atomic E-state index is 12.7. The van der Waals surface area contributed by atoms with Crippen molar-refractivity contribution in [2.75, 3.05) is 6.54 Å². The van der Waals surface area contributed by atoms with E-state index in [9.17, 15) is 14.4 Å². The monoisotopic (exact) mass is 347 g/mol. The molecule has 9 heteroatoms. The number of carbonyl (C=O) groups is 1. The van der Waals surface area contributed by atoms with E-state index in [4.69, 9.17) is 4.52 Å². The van der Waals surface area contributed by atoms with Gasteiger partial charge in [0.15, 0.2) is 5.82 Å². The number of aromatic amines is 2. The Balaban J connectivity index is 1.82. The molecule has 1 saturated heterocycles. The molecule has 0 bridgehead atoms. The molecule has 0 saturated carbocycles. The Hall–Kier alpha value is -2.71. The van der Waals surface area contributed by atoms with E-state index in [2.05, 4.69) is 20.3 Å². The summed E-state index contributed by atoms with van der Waals surface area (Å²) in [5, 5.41) is 8.39. The lowest BCUT2D eigenvalue weighted by Crippen LogP contribution is -2.40. The highest BCUT2D eigenvalue weighted by molar-refractivity contribution is 5.79. The Morgan fingerprint density at radius 1 is 1.36 bits per heavy atom. The SMILES string of the molecule is CC(C)c1noc([C@@H]2CCCCN2C(=O)Cc2cc(=O)[nH][nH]c2=O)n1. The van der Waals surface area contributed by atoms with Crippen LogP contribution < -0.4 is 11.1 Å². The van der Waals surface area contributed by atoms with Crippen molar-refractivity contribution < 1.29 is 9.32 Å². The number of carbonyl (C=O) groups excluding carboxylic acids is 1. The summed E-state index contributed by atoms with van der Waals surface area (Å²) in [7, 11) is 0. The second-order valence-electron chi connectivity index (χ2n) is 6.53. The first-order chi connectivity index (χ1) is 12.0. The van der Waals surface area contributed by atoms with Crippen LogP contribution in [0.3, 0.4) is 0 Å². The largest absolute Gasteiger partial charge is 0.337 e. The highest BCUT2D eigenvalue weighted by Crippen LogP contribution is 2.31. The minimum Gasteiger partial charge on any atom is -0.337 e. The van der Waals surface area contributed by atoms with Crippen LogP contribution >= 0.6 is 0 Å². The smallest absolute Gasteiger partial charge is 0.266 e. The predicted molar refractivity (Wildman–Crippen MR) is 88.1 cm³/mol. The van der Waals surface area contributed by atoms with E-state index < -0.39 is 11.1 Å². The van der Waals surface area contributed by atoms with Crippen molar-refractivity contribution in [3.63, 3.8) is 0 Å². The Morgan fingerprint density at radius 3 is 2.88 bits per heavy atom. The first-order valence-corrected chi connectivity index (χ1v) is 8.39. The number of H-pyrrole nitrogens is 2. The number of aromatic nitrogens is 4. The Morgan fingerprint density at radius 2 is 2.16 bits per heavy atom. The quantitative estimate of drug-likeness (QED) is 0.845. The van der Waals surface area contributed by atoms with E-state index in [1.54, 1.807) is 4.90 Å². The van der Waals surface area contributed by atoms with E-state index in [1.807, 2.05) is 13.8 Å². The number of rotatable bonds is 4. The van der Waals surface area contributed by atoms with Gasteiger partial charge in [-0.2, -0.15) is 4.98 Å². The molecule has 0 aromatic carbocycles. The second kappa shape index (κ2) is 7.04. The zero-order chi connectivity index (χ0) is 18.0. The van der Waals surface area contributed by atoms with Crippen molar-refractivity contribution in [1.82, 2.24) is 25.2 Å². The molecule has 1 aliphatic heterocycles. The van der Waals surface area contributed by atoms with Crippen molar-refractivity contribution in [1.29, 1.82) is 0 Å². The van der Waals surface area contributed by atoms with Gasteiger partial charge in [-0.1, -0.05) is 19.0 Å². The van der Waals surface area contributed by atoms with Crippen molar-refractivity contribution in [3.05, 3.63) is 44.1 Å². The molecule has 2 N–H and O–H groups in total. The first-order valence-electron chi connectivity index (χ1n) is 8.39. The summed E-state index contributed by atoms with van der Waals surface area (Å²) < 4.78 is 5.36. The third kappa shape index (κ3) is 3.70. The molecule has 134 valence electrons. The molecule has 0 unspecified atom stereocenters. The molecule has 25 heavy (non-hydrogen) atoms.